The van der Waals surface area contributed by atoms with Gasteiger partial charge in [-0.1, -0.05) is 136 Å². The van der Waals surface area contributed by atoms with E-state index in [0.717, 1.165) is 87.7 Å². The lowest BCUT2D eigenvalue weighted by Crippen LogP contribution is -2.56. The Morgan fingerprint density at radius 2 is 1.05 bits per heavy atom. The van der Waals surface area contributed by atoms with Crippen LogP contribution < -0.4 is 14.4 Å². The number of aromatic nitrogens is 1. The first-order valence-corrected chi connectivity index (χ1v) is 27.8. The molecule has 3 saturated heterocycles. The molecule has 0 amide bonds. The molecule has 0 bridgehead atoms. The van der Waals surface area contributed by atoms with Crippen LogP contribution in [0.2, 0.25) is 0 Å². The van der Waals surface area contributed by atoms with Crippen LogP contribution in [0.25, 0.3) is 10.9 Å². The normalized spacial score (nSPS) is 17.7. The zero-order chi connectivity index (χ0) is 44.8. The smallest absolute Gasteiger partial charge is 0.210 e. The standard InChI is InChI=1S/C54H87N5O4S/c1-4-6-7-8-9-10-11-12-13-14-15-16-17-18-19-20-21-22-23-24-43-63-48-25-28-50(29-26-48)64(60,61)53-45-55-52-30-27-49(62-3)44-51(52)54(53)59-37-33-47(34-38-59)58-41-39-57(40-42-58)46-31-35-56(5-2)36-32-46/h25-30,44-47H,4-24,31-43H2,1-3H3. The second-order valence-electron chi connectivity index (χ2n) is 19.4. The van der Waals surface area contributed by atoms with E-state index >= 15 is 0 Å². The highest BCUT2D eigenvalue weighted by Crippen LogP contribution is 2.39. The zero-order valence-electron chi connectivity index (χ0n) is 40.6. The number of rotatable bonds is 29. The topological polar surface area (TPSA) is 78.4 Å². The van der Waals surface area contributed by atoms with E-state index in [1.165, 1.54) is 148 Å². The number of fused-ring (bicyclic) bond motifs is 1. The molecule has 3 aromatic rings. The van der Waals surface area contributed by atoms with Crippen LogP contribution >= 0.6 is 0 Å². The molecule has 2 aromatic carbocycles. The first-order chi connectivity index (χ1) is 31.4. The minimum absolute atomic E-state index is 0.257. The number of methoxy groups -OCH3 is 1. The molecule has 3 aliphatic heterocycles. The van der Waals surface area contributed by atoms with Crippen molar-refractivity contribution in [3.63, 3.8) is 0 Å². The van der Waals surface area contributed by atoms with E-state index in [4.69, 9.17) is 9.47 Å². The summed E-state index contributed by atoms with van der Waals surface area (Å²) in [6.45, 7) is 15.0. The number of likely N-dealkylation sites (tertiary alicyclic amines) is 1. The summed E-state index contributed by atoms with van der Waals surface area (Å²) in [5.41, 5.74) is 1.51. The minimum atomic E-state index is -3.88. The second kappa shape index (κ2) is 27.7. The number of anilines is 1. The fourth-order valence-electron chi connectivity index (χ4n) is 10.7. The third-order valence-corrected chi connectivity index (χ3v) is 16.6. The zero-order valence-corrected chi connectivity index (χ0v) is 41.4. The Bertz CT molecular complexity index is 1850. The lowest BCUT2D eigenvalue weighted by atomic mass is 9.99. The second-order valence-corrected chi connectivity index (χ2v) is 21.3. The third kappa shape index (κ3) is 15.3. The Kier molecular flexibility index (Phi) is 21.8. The number of piperazine rings is 1. The van der Waals surface area contributed by atoms with Crippen molar-refractivity contribution in [1.29, 1.82) is 0 Å². The average Bonchev–Trinajstić information content (AvgIpc) is 3.34. The molecule has 0 atom stereocenters. The number of unbranched alkanes of at least 4 members (excludes halogenated alkanes) is 19. The summed E-state index contributed by atoms with van der Waals surface area (Å²) in [7, 11) is -2.23. The summed E-state index contributed by atoms with van der Waals surface area (Å²) in [6.07, 6.45) is 33.5. The van der Waals surface area contributed by atoms with Crippen LogP contribution in [0.15, 0.2) is 58.5 Å². The predicted octanol–water partition coefficient (Wildman–Crippen LogP) is 12.3. The lowest BCUT2D eigenvalue weighted by Gasteiger charge is -2.46. The number of benzene rings is 2. The van der Waals surface area contributed by atoms with E-state index < -0.39 is 9.84 Å². The van der Waals surface area contributed by atoms with Gasteiger partial charge in [-0.2, -0.15) is 0 Å². The van der Waals surface area contributed by atoms with Crippen LogP contribution in [0.1, 0.15) is 168 Å². The Balaban J connectivity index is 0.904. The van der Waals surface area contributed by atoms with E-state index in [0.29, 0.717) is 24.1 Å². The molecule has 0 N–H and O–H groups in total. The third-order valence-electron chi connectivity index (χ3n) is 14.9. The Hall–Kier alpha value is -2.92. The van der Waals surface area contributed by atoms with Crippen molar-refractivity contribution in [2.24, 2.45) is 0 Å². The average molecular weight is 902 g/mol. The molecule has 1 aromatic heterocycles. The van der Waals surface area contributed by atoms with Gasteiger partial charge >= 0.3 is 0 Å². The molecule has 3 fully saturated rings. The molecule has 358 valence electrons. The van der Waals surface area contributed by atoms with Crippen molar-refractivity contribution in [3.05, 3.63) is 48.7 Å². The highest BCUT2D eigenvalue weighted by molar-refractivity contribution is 7.91. The van der Waals surface area contributed by atoms with E-state index in [1.807, 2.05) is 18.2 Å². The molecular formula is C54H87N5O4S. The molecule has 4 heterocycles. The Morgan fingerprint density at radius 1 is 0.578 bits per heavy atom. The first-order valence-electron chi connectivity index (χ1n) is 26.3. The number of sulfone groups is 1. The number of hydrogen-bond acceptors (Lipinski definition) is 9. The quantitative estimate of drug-likeness (QED) is 0.0633. The lowest BCUT2D eigenvalue weighted by molar-refractivity contribution is 0.0384. The van der Waals surface area contributed by atoms with Gasteiger partial charge in [0.2, 0.25) is 9.84 Å². The van der Waals surface area contributed by atoms with Crippen molar-refractivity contribution < 1.29 is 17.9 Å². The highest BCUT2D eigenvalue weighted by Gasteiger charge is 2.34. The van der Waals surface area contributed by atoms with Crippen LogP contribution in [-0.2, 0) is 9.84 Å². The van der Waals surface area contributed by atoms with Gasteiger partial charge in [-0.05, 0) is 94.2 Å². The molecule has 0 aliphatic carbocycles. The molecule has 0 radical (unpaired) electrons. The molecule has 10 heteroatoms. The van der Waals surface area contributed by atoms with Crippen LogP contribution in [0.3, 0.4) is 0 Å². The molecule has 0 spiro atoms. The number of hydrogen-bond donors (Lipinski definition) is 0. The van der Waals surface area contributed by atoms with Gasteiger partial charge in [0.25, 0.3) is 0 Å². The van der Waals surface area contributed by atoms with Crippen molar-refractivity contribution in [2.45, 2.75) is 190 Å². The van der Waals surface area contributed by atoms with Gasteiger partial charge in [-0.15, -0.1) is 0 Å². The van der Waals surface area contributed by atoms with E-state index in [2.05, 4.69) is 38.4 Å². The maximum absolute atomic E-state index is 14.5. The molecule has 9 nitrogen and oxygen atoms in total. The van der Waals surface area contributed by atoms with Gasteiger partial charge in [0, 0.05) is 62.9 Å². The van der Waals surface area contributed by atoms with Crippen molar-refractivity contribution in [1.82, 2.24) is 19.7 Å². The Labute approximate surface area is 389 Å². The summed E-state index contributed by atoms with van der Waals surface area (Å²) in [5.74, 6) is 1.41. The fourth-order valence-corrected chi connectivity index (χ4v) is 12.1. The molecule has 0 unspecified atom stereocenters. The summed E-state index contributed by atoms with van der Waals surface area (Å²) in [4.78, 5) is 15.5. The van der Waals surface area contributed by atoms with Crippen molar-refractivity contribution >= 4 is 26.4 Å². The van der Waals surface area contributed by atoms with Crippen molar-refractivity contribution in [3.8, 4) is 11.5 Å². The fraction of sp³-hybridized carbons (Fsp3) is 0.722. The first kappa shape index (κ1) is 50.5. The van der Waals surface area contributed by atoms with Crippen molar-refractivity contribution in [2.75, 3.05) is 77.5 Å². The van der Waals surface area contributed by atoms with Gasteiger partial charge in [0.05, 0.1) is 29.8 Å². The number of ether oxygens (including phenoxy) is 2. The van der Waals surface area contributed by atoms with Gasteiger partial charge in [0.1, 0.15) is 16.4 Å². The monoisotopic (exact) mass is 902 g/mol. The molecule has 3 aliphatic rings. The number of piperidine rings is 2. The van der Waals surface area contributed by atoms with E-state index in [1.54, 1.807) is 37.6 Å². The summed E-state index contributed by atoms with van der Waals surface area (Å²) in [6, 6.07) is 14.0. The summed E-state index contributed by atoms with van der Waals surface area (Å²) >= 11 is 0. The van der Waals surface area contributed by atoms with E-state index in [9.17, 15) is 8.42 Å². The Morgan fingerprint density at radius 3 is 1.53 bits per heavy atom. The molecule has 6 rings (SSSR count). The summed E-state index contributed by atoms with van der Waals surface area (Å²) in [5, 5.41) is 0.816. The molecule has 64 heavy (non-hydrogen) atoms. The minimum Gasteiger partial charge on any atom is -0.497 e. The van der Waals surface area contributed by atoms with Gasteiger partial charge in [-0.25, -0.2) is 8.42 Å². The predicted molar refractivity (Wildman–Crippen MR) is 267 cm³/mol. The maximum atomic E-state index is 14.5. The van der Waals surface area contributed by atoms with Crippen LogP contribution in [-0.4, -0.2) is 113 Å². The number of nitrogens with zero attached hydrogens (tertiary/aromatic N) is 5. The van der Waals surface area contributed by atoms with Crippen LogP contribution in [0.4, 0.5) is 5.69 Å². The molecule has 0 saturated carbocycles. The largest absolute Gasteiger partial charge is 0.497 e. The SMILES string of the molecule is CCCCCCCCCCCCCCCCCCCCCCOc1ccc(S(=O)(=O)c2cnc3ccc(OC)cc3c2N2CCC(N3CCN(C4CCN(CC)CC4)CC3)CC2)cc1. The van der Waals surface area contributed by atoms with Gasteiger partial charge in [-0.3, -0.25) is 14.8 Å². The summed E-state index contributed by atoms with van der Waals surface area (Å²) < 4.78 is 40.7. The maximum Gasteiger partial charge on any atom is 0.210 e. The number of pyridine rings is 1. The van der Waals surface area contributed by atoms with Crippen LogP contribution in [0, 0.1) is 0 Å². The van der Waals surface area contributed by atoms with Crippen LogP contribution in [0.5, 0.6) is 11.5 Å². The van der Waals surface area contributed by atoms with Gasteiger partial charge < -0.3 is 19.3 Å². The van der Waals surface area contributed by atoms with Gasteiger partial charge in [0.15, 0.2) is 0 Å². The molecular weight excluding hydrogens is 815 g/mol. The van der Waals surface area contributed by atoms with E-state index in [-0.39, 0.29) is 9.79 Å². The highest BCUT2D eigenvalue weighted by atomic mass is 32.2.